The number of para-hydroxylation sites is 2. The number of ether oxygens (including phenoxy) is 2. The molecule has 0 radical (unpaired) electrons. The van der Waals surface area contributed by atoms with E-state index < -0.39 is 0 Å². The van der Waals surface area contributed by atoms with Gasteiger partial charge in [-0.3, -0.25) is 9.98 Å². The first kappa shape index (κ1) is 20.8. The zero-order valence-corrected chi connectivity index (χ0v) is 18.0. The first-order chi connectivity index (χ1) is 14.1. The minimum atomic E-state index is 0.613. The Hall–Kier alpha value is -2.96. The van der Waals surface area contributed by atoms with Gasteiger partial charge >= 0.3 is 0 Å². The maximum Gasteiger partial charge on any atom is 0.194 e. The van der Waals surface area contributed by atoms with Gasteiger partial charge < -0.3 is 24.6 Å². The lowest BCUT2D eigenvalue weighted by molar-refractivity contribution is 0.366. The second-order valence-electron chi connectivity index (χ2n) is 7.09. The molecule has 1 saturated heterocycles. The Morgan fingerprint density at radius 2 is 1.83 bits per heavy atom. The topological polar surface area (TPSA) is 62.2 Å². The molecule has 3 rings (SSSR count). The molecule has 0 amide bonds. The fourth-order valence-corrected chi connectivity index (χ4v) is 3.79. The number of piperazine rings is 1. The number of hydrogen-bond acceptors (Lipinski definition) is 5. The monoisotopic (exact) mass is 397 g/mol. The largest absolute Gasteiger partial charge is 0.496 e. The second kappa shape index (κ2) is 9.49. The van der Waals surface area contributed by atoms with Crippen LogP contribution in [0.2, 0.25) is 0 Å². The standard InChI is InChI=1S/C22H31N5O2/c1-16-14-24-18(17(2)21(16)29-5)15-25-22(23-3)27-12-10-26(11-13-27)19-8-6-7-9-20(19)28-4/h6-9,14H,10-13,15H2,1-5H3,(H,23,25). The number of anilines is 1. The normalized spacial score (nSPS) is 14.7. The van der Waals surface area contributed by atoms with Crippen molar-refractivity contribution in [3.8, 4) is 11.5 Å². The Bertz CT molecular complexity index is 860. The number of nitrogens with one attached hydrogen (secondary N) is 1. The highest BCUT2D eigenvalue weighted by molar-refractivity contribution is 5.80. The molecule has 1 aliphatic heterocycles. The molecule has 0 aliphatic carbocycles. The Balaban J connectivity index is 1.61. The molecule has 29 heavy (non-hydrogen) atoms. The molecule has 156 valence electrons. The molecular formula is C22H31N5O2. The van der Waals surface area contributed by atoms with Gasteiger partial charge in [0.15, 0.2) is 5.96 Å². The van der Waals surface area contributed by atoms with Crippen LogP contribution in [0, 0.1) is 13.8 Å². The lowest BCUT2D eigenvalue weighted by Gasteiger charge is -2.38. The molecule has 7 heteroatoms. The molecule has 1 aromatic heterocycles. The molecule has 0 saturated carbocycles. The van der Waals surface area contributed by atoms with Crippen molar-refractivity contribution in [3.63, 3.8) is 0 Å². The van der Waals surface area contributed by atoms with Gasteiger partial charge in [-0.1, -0.05) is 12.1 Å². The van der Waals surface area contributed by atoms with Crippen molar-refractivity contribution >= 4 is 11.6 Å². The zero-order chi connectivity index (χ0) is 20.8. The van der Waals surface area contributed by atoms with Crippen LogP contribution < -0.4 is 19.7 Å². The van der Waals surface area contributed by atoms with Crippen LogP contribution in [0.3, 0.4) is 0 Å². The molecular weight excluding hydrogens is 366 g/mol. The van der Waals surface area contributed by atoms with E-state index in [0.717, 1.165) is 66.1 Å². The van der Waals surface area contributed by atoms with Gasteiger partial charge in [-0.2, -0.15) is 0 Å². The summed E-state index contributed by atoms with van der Waals surface area (Å²) in [6.07, 6.45) is 1.86. The third-order valence-corrected chi connectivity index (χ3v) is 5.38. The number of hydrogen-bond donors (Lipinski definition) is 1. The summed E-state index contributed by atoms with van der Waals surface area (Å²) >= 11 is 0. The van der Waals surface area contributed by atoms with Gasteiger partial charge in [0.05, 0.1) is 32.1 Å². The fourth-order valence-electron chi connectivity index (χ4n) is 3.79. The zero-order valence-electron chi connectivity index (χ0n) is 18.0. The summed E-state index contributed by atoms with van der Waals surface area (Å²) < 4.78 is 11.0. The fraction of sp³-hybridized carbons (Fsp3) is 0.455. The van der Waals surface area contributed by atoms with E-state index >= 15 is 0 Å². The number of aromatic nitrogens is 1. The third kappa shape index (κ3) is 4.55. The SMILES string of the molecule is CN=C(NCc1ncc(C)c(OC)c1C)N1CCN(c2ccccc2OC)CC1. The maximum absolute atomic E-state index is 5.51. The lowest BCUT2D eigenvalue weighted by Crippen LogP contribution is -2.52. The second-order valence-corrected chi connectivity index (χ2v) is 7.09. The highest BCUT2D eigenvalue weighted by Crippen LogP contribution is 2.28. The smallest absolute Gasteiger partial charge is 0.194 e. The summed E-state index contributed by atoms with van der Waals surface area (Å²) in [6, 6.07) is 8.17. The number of guanidine groups is 1. The average Bonchev–Trinajstić information content (AvgIpc) is 2.76. The van der Waals surface area contributed by atoms with Gasteiger partial charge in [-0.25, -0.2) is 0 Å². The molecule has 1 aliphatic rings. The number of benzene rings is 1. The van der Waals surface area contributed by atoms with Crippen LogP contribution in [0.15, 0.2) is 35.5 Å². The Kier molecular flexibility index (Phi) is 6.80. The van der Waals surface area contributed by atoms with Gasteiger partial charge in [0.25, 0.3) is 0 Å². The summed E-state index contributed by atoms with van der Waals surface area (Å²) in [5.41, 5.74) is 4.23. The van der Waals surface area contributed by atoms with E-state index in [-0.39, 0.29) is 0 Å². The number of nitrogens with zero attached hydrogens (tertiary/aromatic N) is 4. The molecule has 0 bridgehead atoms. The summed E-state index contributed by atoms with van der Waals surface area (Å²) in [6.45, 7) is 8.28. The van der Waals surface area contributed by atoms with Gasteiger partial charge in [0, 0.05) is 50.6 Å². The van der Waals surface area contributed by atoms with Crippen molar-refractivity contribution in [1.82, 2.24) is 15.2 Å². The Morgan fingerprint density at radius 3 is 2.48 bits per heavy atom. The van der Waals surface area contributed by atoms with Crippen LogP contribution in [-0.4, -0.2) is 63.3 Å². The number of methoxy groups -OCH3 is 2. The van der Waals surface area contributed by atoms with Crippen molar-refractivity contribution in [2.24, 2.45) is 4.99 Å². The van der Waals surface area contributed by atoms with E-state index in [1.165, 1.54) is 0 Å². The first-order valence-electron chi connectivity index (χ1n) is 9.91. The van der Waals surface area contributed by atoms with Gasteiger partial charge in [-0.05, 0) is 26.0 Å². The van der Waals surface area contributed by atoms with E-state index in [4.69, 9.17) is 9.47 Å². The summed E-state index contributed by atoms with van der Waals surface area (Å²) in [7, 11) is 5.24. The summed E-state index contributed by atoms with van der Waals surface area (Å²) in [5, 5.41) is 3.46. The number of rotatable bonds is 5. The predicted octanol–water partition coefficient (Wildman–Crippen LogP) is 2.61. The summed E-state index contributed by atoms with van der Waals surface area (Å²) in [4.78, 5) is 13.7. The first-order valence-corrected chi connectivity index (χ1v) is 9.91. The predicted molar refractivity (Wildman–Crippen MR) is 117 cm³/mol. The molecule has 0 atom stereocenters. The van der Waals surface area contributed by atoms with Crippen LogP contribution in [0.5, 0.6) is 11.5 Å². The van der Waals surface area contributed by atoms with Crippen molar-refractivity contribution in [3.05, 3.63) is 47.3 Å². The van der Waals surface area contributed by atoms with Gasteiger partial charge in [0.1, 0.15) is 11.5 Å². The lowest BCUT2D eigenvalue weighted by atomic mass is 10.1. The molecule has 0 spiro atoms. The molecule has 1 N–H and O–H groups in total. The number of aliphatic imine (C=N–C) groups is 1. The average molecular weight is 398 g/mol. The van der Waals surface area contributed by atoms with Crippen LogP contribution in [0.4, 0.5) is 5.69 Å². The van der Waals surface area contributed by atoms with Crippen molar-refractivity contribution in [2.75, 3.05) is 52.3 Å². The molecule has 0 unspecified atom stereocenters. The van der Waals surface area contributed by atoms with Crippen molar-refractivity contribution < 1.29 is 9.47 Å². The van der Waals surface area contributed by atoms with E-state index in [0.29, 0.717) is 6.54 Å². The quantitative estimate of drug-likeness (QED) is 0.618. The minimum absolute atomic E-state index is 0.613. The van der Waals surface area contributed by atoms with Crippen molar-refractivity contribution in [1.29, 1.82) is 0 Å². The Morgan fingerprint density at radius 1 is 1.10 bits per heavy atom. The van der Waals surface area contributed by atoms with Gasteiger partial charge in [0.2, 0.25) is 0 Å². The molecule has 1 aromatic carbocycles. The van der Waals surface area contributed by atoms with E-state index in [9.17, 15) is 0 Å². The van der Waals surface area contributed by atoms with Crippen LogP contribution >= 0.6 is 0 Å². The molecule has 7 nitrogen and oxygen atoms in total. The van der Waals surface area contributed by atoms with Gasteiger partial charge in [-0.15, -0.1) is 0 Å². The summed E-state index contributed by atoms with van der Waals surface area (Å²) in [5.74, 6) is 2.71. The third-order valence-electron chi connectivity index (χ3n) is 5.38. The number of pyridine rings is 1. The Labute approximate surface area is 173 Å². The van der Waals surface area contributed by atoms with E-state index in [1.54, 1.807) is 14.2 Å². The molecule has 2 aromatic rings. The minimum Gasteiger partial charge on any atom is -0.496 e. The highest BCUT2D eigenvalue weighted by Gasteiger charge is 2.22. The van der Waals surface area contributed by atoms with Crippen molar-refractivity contribution in [2.45, 2.75) is 20.4 Å². The maximum atomic E-state index is 5.51. The van der Waals surface area contributed by atoms with Crippen LogP contribution in [-0.2, 0) is 6.54 Å². The van der Waals surface area contributed by atoms with E-state index in [1.807, 2.05) is 39.2 Å². The van der Waals surface area contributed by atoms with Crippen LogP contribution in [0.25, 0.3) is 0 Å². The molecule has 2 heterocycles. The highest BCUT2D eigenvalue weighted by atomic mass is 16.5. The van der Waals surface area contributed by atoms with Crippen LogP contribution in [0.1, 0.15) is 16.8 Å². The van der Waals surface area contributed by atoms with E-state index in [2.05, 4.69) is 37.2 Å². The molecule has 1 fully saturated rings. The number of aryl methyl sites for hydroxylation is 1.